The molecule has 0 radical (unpaired) electrons. The van der Waals surface area contributed by atoms with Crippen molar-refractivity contribution in [2.45, 2.75) is 24.9 Å². The third kappa shape index (κ3) is 5.96. The summed E-state index contributed by atoms with van der Waals surface area (Å²) in [5.41, 5.74) is -0.246. The quantitative estimate of drug-likeness (QED) is 0.367. The Morgan fingerprint density at radius 1 is 0.865 bits per heavy atom. The van der Waals surface area contributed by atoms with Gasteiger partial charge in [-0.05, 0) is 73.2 Å². The average molecular weight is 541 g/mol. The first kappa shape index (κ1) is 26.7. The first-order valence-electron chi connectivity index (χ1n) is 11.6. The van der Waals surface area contributed by atoms with Crippen LogP contribution in [0.3, 0.4) is 0 Å². The van der Waals surface area contributed by atoms with Crippen molar-refractivity contribution in [1.82, 2.24) is 0 Å². The van der Waals surface area contributed by atoms with Gasteiger partial charge in [0.1, 0.15) is 17.5 Å². The summed E-state index contributed by atoms with van der Waals surface area (Å²) in [7, 11) is 1.52. The number of ketones is 1. The number of hydrogen-bond acceptors (Lipinski definition) is 5. The third-order valence-corrected chi connectivity index (χ3v) is 7.06. The number of aliphatic hydroxyl groups is 1. The van der Waals surface area contributed by atoms with Crippen LogP contribution in [-0.2, 0) is 14.4 Å². The number of anilines is 2. The molecule has 0 bridgehead atoms. The maximum absolute atomic E-state index is 13.7. The van der Waals surface area contributed by atoms with Gasteiger partial charge in [-0.3, -0.25) is 14.4 Å². The van der Waals surface area contributed by atoms with Gasteiger partial charge >= 0.3 is 0 Å². The summed E-state index contributed by atoms with van der Waals surface area (Å²) in [5, 5.41) is 17.9. The number of carbonyl (C=O) groups is 3. The summed E-state index contributed by atoms with van der Waals surface area (Å²) in [6, 6.07) is 19.8. The average Bonchev–Trinajstić information content (AvgIpc) is 2.85. The zero-order valence-corrected chi connectivity index (χ0v) is 21.7. The first-order valence-corrected chi connectivity index (χ1v) is 12.4. The van der Waals surface area contributed by atoms with Crippen LogP contribution in [0.4, 0.5) is 11.4 Å². The Morgan fingerprint density at radius 3 is 1.84 bits per heavy atom. The van der Waals surface area contributed by atoms with Crippen LogP contribution in [-0.4, -0.2) is 35.4 Å². The van der Waals surface area contributed by atoms with Crippen LogP contribution in [0.25, 0.3) is 0 Å². The lowest BCUT2D eigenvalue weighted by atomic mass is 9.61. The molecule has 0 unspecified atom stereocenters. The SMILES string of the molecule is COc1ccc([C@H]2[C@H](C(=O)Nc3ccc(Cl)cc3)C(=O)C[C@@](C)(O)[C@H]2C(=O)Nc2ccc(Cl)cc2)cc1. The number of nitrogens with one attached hydrogen (secondary N) is 2. The summed E-state index contributed by atoms with van der Waals surface area (Å²) in [5.74, 6) is -4.31. The highest BCUT2D eigenvalue weighted by Crippen LogP contribution is 2.47. The molecule has 4 rings (SSSR count). The van der Waals surface area contributed by atoms with Crippen molar-refractivity contribution in [2.24, 2.45) is 11.8 Å². The molecule has 0 aliphatic heterocycles. The number of benzene rings is 3. The minimum absolute atomic E-state index is 0.364. The minimum Gasteiger partial charge on any atom is -0.497 e. The maximum atomic E-state index is 13.7. The van der Waals surface area contributed by atoms with E-state index < -0.39 is 41.0 Å². The Balaban J connectivity index is 1.75. The molecular formula is C28H26Cl2N2O5. The molecule has 37 heavy (non-hydrogen) atoms. The Bertz CT molecular complexity index is 1290. The lowest BCUT2D eigenvalue weighted by Crippen LogP contribution is -2.56. The van der Waals surface area contributed by atoms with Gasteiger partial charge < -0.3 is 20.5 Å². The summed E-state index contributed by atoms with van der Waals surface area (Å²) in [4.78, 5) is 40.5. The van der Waals surface area contributed by atoms with Gasteiger partial charge in [-0.15, -0.1) is 0 Å². The van der Waals surface area contributed by atoms with Gasteiger partial charge in [0, 0.05) is 33.8 Å². The fourth-order valence-corrected chi connectivity index (χ4v) is 5.08. The van der Waals surface area contributed by atoms with E-state index in [1.54, 1.807) is 72.8 Å². The number of rotatable bonds is 6. The number of ether oxygens (including phenoxy) is 1. The number of Topliss-reactive ketones (excluding diaryl/α,β-unsaturated/α-hetero) is 1. The molecule has 2 amide bonds. The van der Waals surface area contributed by atoms with Crippen LogP contribution in [0.1, 0.15) is 24.8 Å². The Morgan fingerprint density at radius 2 is 1.35 bits per heavy atom. The Kier molecular flexibility index (Phi) is 7.87. The van der Waals surface area contributed by atoms with Crippen molar-refractivity contribution < 1.29 is 24.2 Å². The maximum Gasteiger partial charge on any atom is 0.235 e. The van der Waals surface area contributed by atoms with Crippen molar-refractivity contribution >= 4 is 52.2 Å². The van der Waals surface area contributed by atoms with Crippen molar-refractivity contribution in [3.05, 3.63) is 88.4 Å². The largest absolute Gasteiger partial charge is 0.497 e. The topological polar surface area (TPSA) is 105 Å². The van der Waals surface area contributed by atoms with Gasteiger partial charge in [0.2, 0.25) is 11.8 Å². The second-order valence-corrected chi connectivity index (χ2v) is 10.1. The van der Waals surface area contributed by atoms with E-state index >= 15 is 0 Å². The minimum atomic E-state index is -1.71. The molecule has 0 aromatic heterocycles. The smallest absolute Gasteiger partial charge is 0.235 e. The zero-order chi connectivity index (χ0) is 26.7. The Labute approximate surface area is 224 Å². The van der Waals surface area contributed by atoms with E-state index in [-0.39, 0.29) is 6.42 Å². The van der Waals surface area contributed by atoms with Crippen LogP contribution in [0.15, 0.2) is 72.8 Å². The molecule has 9 heteroatoms. The van der Waals surface area contributed by atoms with Gasteiger partial charge in [0.15, 0.2) is 0 Å². The molecule has 0 saturated heterocycles. The van der Waals surface area contributed by atoms with E-state index in [2.05, 4.69) is 10.6 Å². The van der Waals surface area contributed by atoms with Crippen LogP contribution < -0.4 is 15.4 Å². The second-order valence-electron chi connectivity index (χ2n) is 9.25. The summed E-state index contributed by atoms with van der Waals surface area (Å²) >= 11 is 11.9. The highest BCUT2D eigenvalue weighted by Gasteiger charge is 2.55. The van der Waals surface area contributed by atoms with Gasteiger partial charge in [-0.2, -0.15) is 0 Å². The molecule has 4 atom stereocenters. The zero-order valence-electron chi connectivity index (χ0n) is 20.2. The lowest BCUT2D eigenvalue weighted by molar-refractivity contribution is -0.150. The fourth-order valence-electron chi connectivity index (χ4n) is 4.82. The number of halogens is 2. The van der Waals surface area contributed by atoms with Crippen molar-refractivity contribution in [2.75, 3.05) is 17.7 Å². The van der Waals surface area contributed by atoms with Crippen LogP contribution in [0, 0.1) is 11.8 Å². The molecule has 1 fully saturated rings. The number of carbonyl (C=O) groups excluding carboxylic acids is 3. The molecule has 3 aromatic carbocycles. The molecule has 1 aliphatic rings. The molecule has 1 saturated carbocycles. The highest BCUT2D eigenvalue weighted by atomic mass is 35.5. The molecule has 0 spiro atoms. The Hall–Kier alpha value is -3.39. The summed E-state index contributed by atoms with van der Waals surface area (Å²) < 4.78 is 5.25. The van der Waals surface area contributed by atoms with Gasteiger partial charge in [-0.25, -0.2) is 0 Å². The van der Waals surface area contributed by atoms with Crippen LogP contribution >= 0.6 is 23.2 Å². The fraction of sp³-hybridized carbons (Fsp3) is 0.250. The van der Waals surface area contributed by atoms with Crippen LogP contribution in [0.5, 0.6) is 5.75 Å². The van der Waals surface area contributed by atoms with Gasteiger partial charge in [0.25, 0.3) is 0 Å². The molecular weight excluding hydrogens is 515 g/mol. The molecule has 1 aliphatic carbocycles. The van der Waals surface area contributed by atoms with Crippen molar-refractivity contribution in [3.8, 4) is 5.75 Å². The lowest BCUT2D eigenvalue weighted by Gasteiger charge is -2.44. The molecule has 192 valence electrons. The van der Waals surface area contributed by atoms with Crippen molar-refractivity contribution in [3.63, 3.8) is 0 Å². The highest BCUT2D eigenvalue weighted by molar-refractivity contribution is 6.31. The van der Waals surface area contributed by atoms with E-state index in [4.69, 9.17) is 27.9 Å². The van der Waals surface area contributed by atoms with Gasteiger partial charge in [0.05, 0.1) is 18.6 Å². The molecule has 3 N–H and O–H groups in total. The number of amides is 2. The van der Waals surface area contributed by atoms with Crippen LogP contribution in [0.2, 0.25) is 10.0 Å². The predicted molar refractivity (Wildman–Crippen MR) is 143 cm³/mol. The molecule has 0 heterocycles. The number of methoxy groups -OCH3 is 1. The standard InChI is InChI=1S/C28H26Cl2N2O5/c1-28(36)15-22(33)24(26(34)31-19-9-5-17(29)6-10-19)23(16-3-13-21(37-2)14-4-16)25(28)27(35)32-20-11-7-18(30)8-12-20/h3-14,23-25,36H,15H2,1-2H3,(H,31,34)(H,32,35)/t23-,24+,25+,28+/m0/s1. The molecule has 7 nitrogen and oxygen atoms in total. The summed E-state index contributed by atoms with van der Waals surface area (Å²) in [6.07, 6.45) is -0.364. The van der Waals surface area contributed by atoms with E-state index in [1.165, 1.54) is 14.0 Å². The summed E-state index contributed by atoms with van der Waals surface area (Å²) in [6.45, 7) is 1.45. The monoisotopic (exact) mass is 540 g/mol. The second kappa shape index (κ2) is 10.9. The van der Waals surface area contributed by atoms with E-state index in [1.807, 2.05) is 0 Å². The van der Waals surface area contributed by atoms with Gasteiger partial charge in [-0.1, -0.05) is 35.3 Å². The van der Waals surface area contributed by atoms with E-state index in [9.17, 15) is 19.5 Å². The van der Waals surface area contributed by atoms with Crippen molar-refractivity contribution in [1.29, 1.82) is 0 Å². The molecule has 3 aromatic rings. The predicted octanol–water partition coefficient (Wildman–Crippen LogP) is 5.32. The first-order chi connectivity index (χ1) is 17.6. The normalized spacial score (nSPS) is 23.3. The number of hydrogen-bond donors (Lipinski definition) is 3. The van der Waals surface area contributed by atoms with E-state index in [0.717, 1.165) is 0 Å². The van der Waals surface area contributed by atoms with E-state index in [0.29, 0.717) is 32.7 Å². The third-order valence-electron chi connectivity index (χ3n) is 6.56.